The normalized spacial score (nSPS) is 21.0. The Hall–Kier alpha value is -2.18. The fraction of sp³-hybridized carbons (Fsp3) is 0.545. The number of ether oxygens (including phenoxy) is 2. The summed E-state index contributed by atoms with van der Waals surface area (Å²) in [6, 6.07) is 8.06. The standard InChI is InChI=1S/C22H29N3O3/c1-2-28-22(26)19-14-23-20-8-4-3-7-18(20)21(19)25-9-5-6-17(16-25)15-24-10-12-27-13-11-24/h3-4,7-8,14,17H,2,5-6,9-13,15-16H2,1H3. The van der Waals surface area contributed by atoms with Gasteiger partial charge in [0.2, 0.25) is 0 Å². The van der Waals surface area contributed by atoms with Crippen LogP contribution in [0, 0.1) is 5.92 Å². The topological polar surface area (TPSA) is 54.9 Å². The van der Waals surface area contributed by atoms with Crippen LogP contribution >= 0.6 is 0 Å². The number of hydrogen-bond acceptors (Lipinski definition) is 6. The maximum absolute atomic E-state index is 12.6. The molecule has 1 unspecified atom stereocenters. The lowest BCUT2D eigenvalue weighted by Gasteiger charge is -2.38. The molecule has 0 amide bonds. The third kappa shape index (κ3) is 4.13. The van der Waals surface area contributed by atoms with E-state index in [1.54, 1.807) is 6.20 Å². The number of nitrogens with zero attached hydrogens (tertiary/aromatic N) is 3. The van der Waals surface area contributed by atoms with E-state index in [0.717, 1.165) is 68.9 Å². The van der Waals surface area contributed by atoms with Crippen molar-refractivity contribution in [2.45, 2.75) is 19.8 Å². The highest BCUT2D eigenvalue weighted by molar-refractivity contribution is 6.05. The molecule has 2 aliphatic heterocycles. The molecule has 2 saturated heterocycles. The molecule has 4 rings (SSSR count). The van der Waals surface area contributed by atoms with Crippen LogP contribution in [0.5, 0.6) is 0 Å². The number of aromatic nitrogens is 1. The van der Waals surface area contributed by atoms with Gasteiger partial charge in [-0.15, -0.1) is 0 Å². The van der Waals surface area contributed by atoms with Crippen molar-refractivity contribution >= 4 is 22.6 Å². The zero-order valence-corrected chi connectivity index (χ0v) is 16.6. The summed E-state index contributed by atoms with van der Waals surface area (Å²) in [5.74, 6) is 0.305. The number of para-hydroxylation sites is 1. The van der Waals surface area contributed by atoms with E-state index < -0.39 is 0 Å². The number of hydrogen-bond donors (Lipinski definition) is 0. The van der Waals surface area contributed by atoms with Gasteiger partial charge in [-0.3, -0.25) is 9.88 Å². The van der Waals surface area contributed by atoms with Crippen molar-refractivity contribution in [2.24, 2.45) is 5.92 Å². The molecule has 2 aliphatic rings. The number of piperidine rings is 1. The van der Waals surface area contributed by atoms with Gasteiger partial charge in [-0.2, -0.15) is 0 Å². The Labute approximate surface area is 166 Å². The van der Waals surface area contributed by atoms with Crippen molar-refractivity contribution < 1.29 is 14.3 Å². The molecule has 2 fully saturated rings. The predicted molar refractivity (Wildman–Crippen MR) is 110 cm³/mol. The van der Waals surface area contributed by atoms with E-state index in [1.165, 1.54) is 6.42 Å². The first-order valence-corrected chi connectivity index (χ1v) is 10.4. The Morgan fingerprint density at radius 1 is 1.25 bits per heavy atom. The summed E-state index contributed by atoms with van der Waals surface area (Å²) in [7, 11) is 0. The van der Waals surface area contributed by atoms with Gasteiger partial charge in [0, 0.05) is 44.3 Å². The van der Waals surface area contributed by atoms with Crippen molar-refractivity contribution in [1.82, 2.24) is 9.88 Å². The maximum Gasteiger partial charge on any atom is 0.341 e. The maximum atomic E-state index is 12.6. The van der Waals surface area contributed by atoms with Crippen molar-refractivity contribution in [3.05, 3.63) is 36.0 Å². The quantitative estimate of drug-likeness (QED) is 0.740. The number of carbonyl (C=O) groups is 1. The highest BCUT2D eigenvalue weighted by Crippen LogP contribution is 2.33. The molecule has 6 nitrogen and oxygen atoms in total. The molecule has 3 heterocycles. The van der Waals surface area contributed by atoms with E-state index in [0.29, 0.717) is 18.1 Å². The molecule has 0 spiro atoms. The third-order valence-electron chi connectivity index (χ3n) is 5.70. The largest absolute Gasteiger partial charge is 0.462 e. The summed E-state index contributed by atoms with van der Waals surface area (Å²) in [6.07, 6.45) is 4.04. The fourth-order valence-electron chi connectivity index (χ4n) is 4.39. The number of esters is 1. The monoisotopic (exact) mass is 383 g/mol. The molecule has 28 heavy (non-hydrogen) atoms. The lowest BCUT2D eigenvalue weighted by molar-refractivity contribution is 0.0296. The second kappa shape index (κ2) is 8.88. The molecule has 0 radical (unpaired) electrons. The highest BCUT2D eigenvalue weighted by Gasteiger charge is 2.27. The van der Waals surface area contributed by atoms with Gasteiger partial charge in [0.05, 0.1) is 31.0 Å². The SMILES string of the molecule is CCOC(=O)c1cnc2ccccc2c1N1CCCC(CN2CCOCC2)C1. The Bertz CT molecular complexity index is 820. The Balaban J connectivity index is 1.62. The first-order chi connectivity index (χ1) is 13.8. The Morgan fingerprint density at radius 2 is 2.07 bits per heavy atom. The summed E-state index contributed by atoms with van der Waals surface area (Å²) in [6.45, 7) is 8.91. The molecule has 1 aromatic carbocycles. The van der Waals surface area contributed by atoms with Gasteiger partial charge < -0.3 is 14.4 Å². The molecule has 1 atom stereocenters. The van der Waals surface area contributed by atoms with Crippen LogP contribution in [0.25, 0.3) is 10.9 Å². The van der Waals surface area contributed by atoms with Crippen LogP contribution in [-0.4, -0.2) is 68.4 Å². The number of rotatable bonds is 5. The number of carbonyl (C=O) groups excluding carboxylic acids is 1. The molecule has 0 saturated carbocycles. The number of anilines is 1. The van der Waals surface area contributed by atoms with Crippen LogP contribution in [0.3, 0.4) is 0 Å². The van der Waals surface area contributed by atoms with Gasteiger partial charge in [-0.1, -0.05) is 18.2 Å². The summed E-state index contributed by atoms with van der Waals surface area (Å²) >= 11 is 0. The molecular formula is C22H29N3O3. The van der Waals surface area contributed by atoms with E-state index in [-0.39, 0.29) is 5.97 Å². The number of benzene rings is 1. The zero-order chi connectivity index (χ0) is 19.3. The molecule has 0 N–H and O–H groups in total. The predicted octanol–water partition coefficient (Wildman–Crippen LogP) is 2.96. The average Bonchev–Trinajstić information content (AvgIpc) is 2.74. The minimum atomic E-state index is -0.286. The van der Waals surface area contributed by atoms with Crippen LogP contribution in [0.1, 0.15) is 30.1 Å². The molecule has 6 heteroatoms. The smallest absolute Gasteiger partial charge is 0.341 e. The zero-order valence-electron chi connectivity index (χ0n) is 16.6. The van der Waals surface area contributed by atoms with Crippen LogP contribution < -0.4 is 4.90 Å². The second-order valence-corrected chi connectivity index (χ2v) is 7.63. The second-order valence-electron chi connectivity index (χ2n) is 7.63. The molecule has 0 bridgehead atoms. The summed E-state index contributed by atoms with van der Waals surface area (Å²) in [5.41, 5.74) is 2.48. The van der Waals surface area contributed by atoms with Crippen LogP contribution in [0.4, 0.5) is 5.69 Å². The van der Waals surface area contributed by atoms with E-state index in [1.807, 2.05) is 25.1 Å². The van der Waals surface area contributed by atoms with E-state index in [2.05, 4.69) is 20.9 Å². The van der Waals surface area contributed by atoms with Crippen molar-refractivity contribution in [3.63, 3.8) is 0 Å². The van der Waals surface area contributed by atoms with Gasteiger partial charge in [0.25, 0.3) is 0 Å². The van der Waals surface area contributed by atoms with Gasteiger partial charge in [0.15, 0.2) is 0 Å². The average molecular weight is 383 g/mol. The first kappa shape index (κ1) is 19.2. The summed E-state index contributed by atoms with van der Waals surface area (Å²) in [5, 5.41) is 1.03. The molecule has 2 aromatic rings. The Morgan fingerprint density at radius 3 is 2.89 bits per heavy atom. The number of fused-ring (bicyclic) bond motifs is 1. The number of pyridine rings is 1. The summed E-state index contributed by atoms with van der Waals surface area (Å²) in [4.78, 5) is 22.0. The van der Waals surface area contributed by atoms with Gasteiger partial charge in [-0.05, 0) is 31.7 Å². The van der Waals surface area contributed by atoms with E-state index in [4.69, 9.17) is 9.47 Å². The lowest BCUT2D eigenvalue weighted by Crippen LogP contribution is -2.45. The van der Waals surface area contributed by atoms with Crippen molar-refractivity contribution in [2.75, 3.05) is 57.4 Å². The number of morpholine rings is 1. The molecule has 0 aliphatic carbocycles. The van der Waals surface area contributed by atoms with Crippen LogP contribution in [0.2, 0.25) is 0 Å². The van der Waals surface area contributed by atoms with Gasteiger partial charge in [0.1, 0.15) is 5.56 Å². The Kier molecular flexibility index (Phi) is 6.07. The molecule has 1 aromatic heterocycles. The van der Waals surface area contributed by atoms with E-state index >= 15 is 0 Å². The minimum Gasteiger partial charge on any atom is -0.462 e. The van der Waals surface area contributed by atoms with Gasteiger partial charge >= 0.3 is 5.97 Å². The molecule has 150 valence electrons. The minimum absolute atomic E-state index is 0.286. The highest BCUT2D eigenvalue weighted by atomic mass is 16.5. The lowest BCUT2D eigenvalue weighted by atomic mass is 9.95. The fourth-order valence-corrected chi connectivity index (χ4v) is 4.39. The van der Waals surface area contributed by atoms with E-state index in [9.17, 15) is 4.79 Å². The first-order valence-electron chi connectivity index (χ1n) is 10.4. The van der Waals surface area contributed by atoms with Gasteiger partial charge in [-0.25, -0.2) is 4.79 Å². The van der Waals surface area contributed by atoms with Crippen molar-refractivity contribution in [1.29, 1.82) is 0 Å². The van der Waals surface area contributed by atoms with Crippen LogP contribution in [-0.2, 0) is 9.47 Å². The third-order valence-corrected chi connectivity index (χ3v) is 5.70. The molecular weight excluding hydrogens is 354 g/mol. The van der Waals surface area contributed by atoms with Crippen molar-refractivity contribution in [3.8, 4) is 0 Å². The van der Waals surface area contributed by atoms with Crippen LogP contribution in [0.15, 0.2) is 30.5 Å². The summed E-state index contributed by atoms with van der Waals surface area (Å²) < 4.78 is 10.8.